The van der Waals surface area contributed by atoms with Crippen LogP contribution in [0.4, 0.5) is 0 Å². The van der Waals surface area contributed by atoms with Gasteiger partial charge in [-0.25, -0.2) is 4.98 Å². The summed E-state index contributed by atoms with van der Waals surface area (Å²) in [5, 5.41) is 11.7. The van der Waals surface area contributed by atoms with E-state index in [4.69, 9.17) is 16.7 Å². The number of hydrogen-bond acceptors (Lipinski definition) is 3. The summed E-state index contributed by atoms with van der Waals surface area (Å²) in [6.45, 7) is 3.28. The number of hydrogen-bond donors (Lipinski definition) is 2. The van der Waals surface area contributed by atoms with Gasteiger partial charge in [0.25, 0.3) is 5.91 Å². The van der Waals surface area contributed by atoms with Gasteiger partial charge in [-0.2, -0.15) is 0 Å². The summed E-state index contributed by atoms with van der Waals surface area (Å²) in [4.78, 5) is 27.4. The molecule has 1 amide bonds. The van der Waals surface area contributed by atoms with Crippen molar-refractivity contribution in [1.29, 1.82) is 0 Å². The van der Waals surface area contributed by atoms with E-state index in [1.54, 1.807) is 22.7 Å². The lowest BCUT2D eigenvalue weighted by molar-refractivity contribution is -0.138. The molecule has 2 aromatic rings. The molecule has 0 spiro atoms. The molecular formula is C13H14ClN3O3. The van der Waals surface area contributed by atoms with Gasteiger partial charge < -0.3 is 10.4 Å². The van der Waals surface area contributed by atoms with Crippen LogP contribution in [-0.2, 0) is 11.2 Å². The smallest absolute Gasteiger partial charge is 0.325 e. The normalized spacial score (nSPS) is 12.3. The van der Waals surface area contributed by atoms with E-state index >= 15 is 0 Å². The fraction of sp³-hybridized carbons (Fsp3) is 0.308. The first-order valence-electron chi connectivity index (χ1n) is 6.14. The second kappa shape index (κ2) is 5.50. The topological polar surface area (TPSA) is 83.7 Å². The maximum absolute atomic E-state index is 12.2. The van der Waals surface area contributed by atoms with Crippen LogP contribution in [0.2, 0.25) is 5.02 Å². The van der Waals surface area contributed by atoms with Crippen LogP contribution in [0.15, 0.2) is 18.3 Å². The highest BCUT2D eigenvalue weighted by molar-refractivity contribution is 6.30. The van der Waals surface area contributed by atoms with Crippen LogP contribution in [-0.4, -0.2) is 32.4 Å². The number of aryl methyl sites for hydroxylation is 1. The van der Waals surface area contributed by atoms with Crippen LogP contribution in [0.5, 0.6) is 0 Å². The fourth-order valence-electron chi connectivity index (χ4n) is 1.88. The van der Waals surface area contributed by atoms with E-state index in [0.717, 1.165) is 0 Å². The molecule has 0 saturated carbocycles. The quantitative estimate of drug-likeness (QED) is 0.900. The van der Waals surface area contributed by atoms with E-state index in [1.807, 2.05) is 6.92 Å². The first kappa shape index (κ1) is 14.3. The van der Waals surface area contributed by atoms with Crippen LogP contribution in [0.25, 0.3) is 5.65 Å². The molecule has 1 atom stereocenters. The average molecular weight is 296 g/mol. The van der Waals surface area contributed by atoms with Crippen molar-refractivity contribution in [3.05, 3.63) is 34.7 Å². The van der Waals surface area contributed by atoms with Gasteiger partial charge in [0.1, 0.15) is 17.4 Å². The molecule has 2 N–H and O–H groups in total. The number of carbonyl (C=O) groups is 2. The van der Waals surface area contributed by atoms with Crippen molar-refractivity contribution in [1.82, 2.24) is 14.7 Å². The van der Waals surface area contributed by atoms with E-state index in [2.05, 4.69) is 10.3 Å². The minimum Gasteiger partial charge on any atom is -0.480 e. The highest BCUT2D eigenvalue weighted by Crippen LogP contribution is 2.17. The van der Waals surface area contributed by atoms with Crippen molar-refractivity contribution in [3.8, 4) is 0 Å². The van der Waals surface area contributed by atoms with Crippen LogP contribution < -0.4 is 5.32 Å². The molecule has 0 aromatic carbocycles. The van der Waals surface area contributed by atoms with Gasteiger partial charge in [0, 0.05) is 6.20 Å². The zero-order valence-corrected chi connectivity index (χ0v) is 11.8. The summed E-state index contributed by atoms with van der Waals surface area (Å²) in [7, 11) is 0. The molecule has 0 aliphatic heterocycles. The van der Waals surface area contributed by atoms with Crippen molar-refractivity contribution >= 4 is 29.1 Å². The molecule has 0 aliphatic carbocycles. The van der Waals surface area contributed by atoms with Crippen molar-refractivity contribution < 1.29 is 14.7 Å². The number of nitrogens with zero attached hydrogens (tertiary/aromatic N) is 2. The van der Waals surface area contributed by atoms with Gasteiger partial charge >= 0.3 is 5.97 Å². The van der Waals surface area contributed by atoms with Gasteiger partial charge in [-0.3, -0.25) is 14.0 Å². The third-order valence-corrected chi connectivity index (χ3v) is 3.15. The third kappa shape index (κ3) is 2.60. The number of imidazole rings is 1. The van der Waals surface area contributed by atoms with Gasteiger partial charge in [0.2, 0.25) is 0 Å². The van der Waals surface area contributed by atoms with Gasteiger partial charge in [-0.15, -0.1) is 0 Å². The summed E-state index contributed by atoms with van der Waals surface area (Å²) >= 11 is 5.93. The summed E-state index contributed by atoms with van der Waals surface area (Å²) in [6, 6.07) is 2.42. The first-order valence-corrected chi connectivity index (χ1v) is 6.52. The molecule has 2 heterocycles. The standard InChI is InChI=1S/C13H14ClN3O3/c1-3-9-11(12(18)15-7(2)13(19)20)17-6-8(14)4-5-10(17)16-9/h4-7H,3H2,1-2H3,(H,15,18)(H,19,20). The molecule has 20 heavy (non-hydrogen) atoms. The van der Waals surface area contributed by atoms with Gasteiger partial charge in [0.15, 0.2) is 0 Å². The molecular weight excluding hydrogens is 282 g/mol. The highest BCUT2D eigenvalue weighted by Gasteiger charge is 2.22. The molecule has 2 rings (SSSR count). The predicted octanol–water partition coefficient (Wildman–Crippen LogP) is 1.75. The molecule has 7 heteroatoms. The Morgan fingerprint density at radius 3 is 2.80 bits per heavy atom. The largest absolute Gasteiger partial charge is 0.480 e. The van der Waals surface area contributed by atoms with E-state index in [-0.39, 0.29) is 0 Å². The number of pyridine rings is 1. The van der Waals surface area contributed by atoms with E-state index in [9.17, 15) is 9.59 Å². The number of aliphatic carboxylic acids is 1. The van der Waals surface area contributed by atoms with Gasteiger partial charge in [-0.1, -0.05) is 18.5 Å². The Bertz CT molecular complexity index is 681. The Hall–Kier alpha value is -2.08. The number of aromatic nitrogens is 2. The van der Waals surface area contributed by atoms with Crippen LogP contribution in [0, 0.1) is 0 Å². The van der Waals surface area contributed by atoms with Crippen molar-refractivity contribution in [2.24, 2.45) is 0 Å². The SMILES string of the molecule is CCc1nc2ccc(Cl)cn2c1C(=O)NC(C)C(=O)O. The van der Waals surface area contributed by atoms with E-state index in [1.165, 1.54) is 6.92 Å². The molecule has 1 unspecified atom stereocenters. The predicted molar refractivity (Wildman–Crippen MR) is 74.1 cm³/mol. The number of carbonyl (C=O) groups excluding carboxylic acids is 1. The van der Waals surface area contributed by atoms with E-state index < -0.39 is 17.9 Å². The number of nitrogens with one attached hydrogen (secondary N) is 1. The lowest BCUT2D eigenvalue weighted by Gasteiger charge is -2.10. The number of carboxylic acid groups (broad SMARTS) is 1. The molecule has 0 radical (unpaired) electrons. The molecule has 0 aliphatic rings. The Morgan fingerprint density at radius 1 is 1.50 bits per heavy atom. The number of halogens is 1. The first-order chi connectivity index (χ1) is 9.43. The van der Waals surface area contributed by atoms with Gasteiger partial charge in [-0.05, 0) is 25.5 Å². The lowest BCUT2D eigenvalue weighted by atomic mass is 10.2. The molecule has 0 fully saturated rings. The summed E-state index contributed by atoms with van der Waals surface area (Å²) < 4.78 is 1.57. The number of rotatable bonds is 4. The van der Waals surface area contributed by atoms with Crippen molar-refractivity contribution in [2.45, 2.75) is 26.3 Å². The highest BCUT2D eigenvalue weighted by atomic mass is 35.5. The summed E-state index contributed by atoms with van der Waals surface area (Å²) in [5.41, 5.74) is 1.51. The maximum Gasteiger partial charge on any atom is 0.325 e. The molecule has 0 saturated heterocycles. The third-order valence-electron chi connectivity index (χ3n) is 2.92. The molecule has 0 bridgehead atoms. The minimum atomic E-state index is -1.09. The van der Waals surface area contributed by atoms with Crippen LogP contribution in [0.3, 0.4) is 0 Å². The number of carboxylic acids is 1. The molecule has 6 nitrogen and oxygen atoms in total. The second-order valence-corrected chi connectivity index (χ2v) is 4.81. The second-order valence-electron chi connectivity index (χ2n) is 4.37. The Kier molecular flexibility index (Phi) is 3.94. The van der Waals surface area contributed by atoms with Crippen LogP contribution in [0.1, 0.15) is 30.0 Å². The minimum absolute atomic E-state index is 0.318. The number of amides is 1. The van der Waals surface area contributed by atoms with Crippen LogP contribution >= 0.6 is 11.6 Å². The van der Waals surface area contributed by atoms with Gasteiger partial charge in [0.05, 0.1) is 10.7 Å². The van der Waals surface area contributed by atoms with Crippen molar-refractivity contribution in [2.75, 3.05) is 0 Å². The lowest BCUT2D eigenvalue weighted by Crippen LogP contribution is -2.39. The Labute approximate surface area is 120 Å². The Balaban J connectivity index is 2.48. The zero-order chi connectivity index (χ0) is 14.9. The zero-order valence-electron chi connectivity index (χ0n) is 11.1. The molecule has 2 aromatic heterocycles. The maximum atomic E-state index is 12.2. The van der Waals surface area contributed by atoms with Crippen molar-refractivity contribution in [3.63, 3.8) is 0 Å². The summed E-state index contributed by atoms with van der Waals surface area (Å²) in [5.74, 6) is -1.57. The monoisotopic (exact) mass is 295 g/mol. The summed E-state index contributed by atoms with van der Waals surface area (Å²) in [6.07, 6.45) is 2.15. The Morgan fingerprint density at radius 2 is 2.20 bits per heavy atom. The number of fused-ring (bicyclic) bond motifs is 1. The average Bonchev–Trinajstić information content (AvgIpc) is 2.75. The fourth-order valence-corrected chi connectivity index (χ4v) is 2.04. The molecule has 106 valence electrons. The van der Waals surface area contributed by atoms with E-state index in [0.29, 0.717) is 28.5 Å².